The molecule has 0 N–H and O–H groups in total. The fourth-order valence-electron chi connectivity index (χ4n) is 2.31. The Kier molecular flexibility index (Phi) is 6.42. The first-order valence-corrected chi connectivity index (χ1v) is 7.98. The summed E-state index contributed by atoms with van der Waals surface area (Å²) < 4.78 is 0. The molecule has 0 fully saturated rings. The Morgan fingerprint density at radius 3 is 0.950 bits per heavy atom. The van der Waals surface area contributed by atoms with Crippen molar-refractivity contribution in [2.45, 2.75) is 0 Å². The molecule has 0 amide bonds. The molecule has 0 aliphatic rings. The van der Waals surface area contributed by atoms with Crippen molar-refractivity contribution in [3.63, 3.8) is 0 Å². The Labute approximate surface area is 166 Å². The van der Waals surface area contributed by atoms with E-state index < -0.39 is 8.80 Å². The second kappa shape index (κ2) is 8.08. The molecule has 0 bridgehead atoms. The molecule has 0 atom stereocenters. The molecule has 3 rings (SSSR count). The summed E-state index contributed by atoms with van der Waals surface area (Å²) in [6.45, 7) is 0. The monoisotopic (exact) mass is 299 g/mol. The smallest absolute Gasteiger partial charge is 1.00 e. The van der Waals surface area contributed by atoms with Gasteiger partial charge in [-0.05, 0) is 0 Å². The van der Waals surface area contributed by atoms with Gasteiger partial charge in [-0.3, -0.25) is 0 Å². The van der Waals surface area contributed by atoms with Gasteiger partial charge in [0, 0.05) is 0 Å². The zero-order valence-electron chi connectivity index (χ0n) is 12.7. The SMILES string of the molecule is [H-].[K+].c1ccc([Si](c2ccccc2)c2ccccc2)cc1. The van der Waals surface area contributed by atoms with Gasteiger partial charge in [0.05, 0.1) is 0 Å². The minimum atomic E-state index is -0.877. The Morgan fingerprint density at radius 2 is 0.700 bits per heavy atom. The van der Waals surface area contributed by atoms with Crippen LogP contribution in [0.25, 0.3) is 0 Å². The third-order valence-corrected chi connectivity index (χ3v) is 5.92. The van der Waals surface area contributed by atoms with Crippen LogP contribution in [0.3, 0.4) is 0 Å². The molecule has 1 radical (unpaired) electrons. The average molecular weight is 300 g/mol. The van der Waals surface area contributed by atoms with Crippen LogP contribution in [0.1, 0.15) is 1.43 Å². The molecular weight excluding hydrogens is 283 g/mol. The van der Waals surface area contributed by atoms with E-state index in [9.17, 15) is 0 Å². The van der Waals surface area contributed by atoms with E-state index in [-0.39, 0.29) is 52.8 Å². The average Bonchev–Trinajstić information content (AvgIpc) is 2.51. The van der Waals surface area contributed by atoms with Crippen LogP contribution < -0.4 is 66.9 Å². The molecule has 0 heterocycles. The summed E-state index contributed by atoms with van der Waals surface area (Å²) in [6.07, 6.45) is 0. The molecule has 0 unspecified atom stereocenters. The predicted molar refractivity (Wildman–Crippen MR) is 85.1 cm³/mol. The van der Waals surface area contributed by atoms with Crippen molar-refractivity contribution in [3.8, 4) is 0 Å². The molecular formula is C18H16KSi. The zero-order chi connectivity index (χ0) is 12.9. The van der Waals surface area contributed by atoms with Crippen LogP contribution in [0.5, 0.6) is 0 Å². The number of hydrogen-bond acceptors (Lipinski definition) is 0. The summed E-state index contributed by atoms with van der Waals surface area (Å²) in [5.74, 6) is 0. The molecule has 20 heavy (non-hydrogen) atoms. The molecule has 93 valence electrons. The number of rotatable bonds is 3. The zero-order valence-corrected chi connectivity index (χ0v) is 15.8. The normalized spacial score (nSPS) is 10.1. The van der Waals surface area contributed by atoms with Gasteiger partial charge in [0.2, 0.25) is 0 Å². The summed E-state index contributed by atoms with van der Waals surface area (Å²) >= 11 is 0. The van der Waals surface area contributed by atoms with Crippen molar-refractivity contribution in [1.82, 2.24) is 0 Å². The Hall–Kier alpha value is -0.487. The van der Waals surface area contributed by atoms with Gasteiger partial charge in [-0.2, -0.15) is 0 Å². The van der Waals surface area contributed by atoms with Gasteiger partial charge < -0.3 is 1.43 Å². The third-order valence-electron chi connectivity index (χ3n) is 3.19. The fourth-order valence-corrected chi connectivity index (χ4v) is 4.89. The molecule has 3 aromatic carbocycles. The topological polar surface area (TPSA) is 0 Å². The predicted octanol–water partition coefficient (Wildman–Crippen LogP) is -0.681. The van der Waals surface area contributed by atoms with Gasteiger partial charge in [0.1, 0.15) is 0 Å². The fraction of sp³-hybridized carbons (Fsp3) is 0. The van der Waals surface area contributed by atoms with Crippen molar-refractivity contribution in [1.29, 1.82) is 0 Å². The largest absolute Gasteiger partial charge is 1.00 e. The summed E-state index contributed by atoms with van der Waals surface area (Å²) in [6, 6.07) is 32.5. The molecule has 2 heteroatoms. The molecule has 0 aliphatic carbocycles. The first-order valence-electron chi connectivity index (χ1n) is 6.48. The maximum Gasteiger partial charge on any atom is 1.00 e. The van der Waals surface area contributed by atoms with E-state index in [4.69, 9.17) is 0 Å². The van der Waals surface area contributed by atoms with Crippen LogP contribution in [0.15, 0.2) is 91.0 Å². The van der Waals surface area contributed by atoms with E-state index in [0.29, 0.717) is 0 Å². The van der Waals surface area contributed by atoms with E-state index in [2.05, 4.69) is 91.0 Å². The van der Waals surface area contributed by atoms with Crippen LogP contribution in [0.4, 0.5) is 0 Å². The Balaban J connectivity index is 0.00000110. The summed E-state index contributed by atoms with van der Waals surface area (Å²) in [4.78, 5) is 0. The Bertz CT molecular complexity index is 535. The molecule has 0 saturated heterocycles. The van der Waals surface area contributed by atoms with Crippen molar-refractivity contribution >= 4 is 24.4 Å². The van der Waals surface area contributed by atoms with Gasteiger partial charge in [0.15, 0.2) is 8.80 Å². The quantitative estimate of drug-likeness (QED) is 0.444. The summed E-state index contributed by atoms with van der Waals surface area (Å²) in [5.41, 5.74) is 0. The van der Waals surface area contributed by atoms with E-state index in [0.717, 1.165) is 0 Å². The molecule has 0 aromatic heterocycles. The minimum absolute atomic E-state index is 0. The van der Waals surface area contributed by atoms with Crippen LogP contribution >= 0.6 is 0 Å². The number of hydrogen-bond donors (Lipinski definition) is 0. The van der Waals surface area contributed by atoms with E-state index >= 15 is 0 Å². The van der Waals surface area contributed by atoms with Gasteiger partial charge in [-0.25, -0.2) is 0 Å². The van der Waals surface area contributed by atoms with Crippen molar-refractivity contribution < 1.29 is 52.8 Å². The van der Waals surface area contributed by atoms with E-state index in [1.807, 2.05) is 0 Å². The van der Waals surface area contributed by atoms with Crippen LogP contribution in [-0.4, -0.2) is 8.80 Å². The van der Waals surface area contributed by atoms with E-state index in [1.54, 1.807) is 0 Å². The first-order chi connectivity index (χ1) is 9.45. The van der Waals surface area contributed by atoms with Crippen LogP contribution in [-0.2, 0) is 0 Å². The molecule has 0 nitrogen and oxygen atoms in total. The molecule has 0 saturated carbocycles. The minimum Gasteiger partial charge on any atom is -1.00 e. The maximum atomic E-state index is 2.24. The molecule has 0 spiro atoms. The van der Waals surface area contributed by atoms with Crippen molar-refractivity contribution in [2.75, 3.05) is 0 Å². The van der Waals surface area contributed by atoms with Crippen molar-refractivity contribution in [3.05, 3.63) is 91.0 Å². The third kappa shape index (κ3) is 3.79. The Morgan fingerprint density at radius 1 is 0.450 bits per heavy atom. The van der Waals surface area contributed by atoms with Crippen LogP contribution in [0.2, 0.25) is 0 Å². The standard InChI is InChI=1S/C18H15Si.K.H/c1-4-10-16(11-5-1)19(17-12-6-2-7-13-17)18-14-8-3-9-15-18;;/h1-15H;;/q;+1;-1. The van der Waals surface area contributed by atoms with E-state index in [1.165, 1.54) is 15.6 Å². The number of benzene rings is 3. The van der Waals surface area contributed by atoms with Crippen LogP contribution in [0, 0.1) is 0 Å². The van der Waals surface area contributed by atoms with Gasteiger partial charge in [-0.15, -0.1) is 0 Å². The maximum absolute atomic E-state index is 2.24. The van der Waals surface area contributed by atoms with Crippen molar-refractivity contribution in [2.24, 2.45) is 0 Å². The first kappa shape index (κ1) is 15.9. The van der Waals surface area contributed by atoms with Gasteiger partial charge in [-0.1, -0.05) is 107 Å². The van der Waals surface area contributed by atoms with Gasteiger partial charge in [0.25, 0.3) is 0 Å². The molecule has 0 aliphatic heterocycles. The van der Waals surface area contributed by atoms with Gasteiger partial charge >= 0.3 is 51.4 Å². The molecule has 3 aromatic rings. The summed E-state index contributed by atoms with van der Waals surface area (Å²) in [7, 11) is -0.877. The second-order valence-electron chi connectivity index (χ2n) is 4.47. The second-order valence-corrected chi connectivity index (χ2v) is 6.96. The summed E-state index contributed by atoms with van der Waals surface area (Å²) in [5, 5.41) is 4.31.